The summed E-state index contributed by atoms with van der Waals surface area (Å²) in [6.45, 7) is 1.71. The third-order valence-electron chi connectivity index (χ3n) is 2.00. The van der Waals surface area contributed by atoms with Crippen molar-refractivity contribution in [1.82, 2.24) is 0 Å². The predicted molar refractivity (Wildman–Crippen MR) is 51.3 cm³/mol. The van der Waals surface area contributed by atoms with E-state index in [1.807, 2.05) is 0 Å². The Labute approximate surface area is 81.7 Å². The number of rotatable bonds is 2. The van der Waals surface area contributed by atoms with Crippen LogP contribution in [0.1, 0.15) is 11.1 Å². The zero-order valence-corrected chi connectivity index (χ0v) is 8.13. The van der Waals surface area contributed by atoms with Gasteiger partial charge in [0.2, 0.25) is 0 Å². The SMILES string of the molecule is COC(=O)Cc1cc(N)c(C)cc1F. The molecule has 1 aromatic carbocycles. The third-order valence-corrected chi connectivity index (χ3v) is 2.00. The van der Waals surface area contributed by atoms with Gasteiger partial charge < -0.3 is 10.5 Å². The van der Waals surface area contributed by atoms with Gasteiger partial charge in [0.05, 0.1) is 13.5 Å². The molecule has 1 aromatic rings. The molecule has 0 bridgehead atoms. The number of aryl methyl sites for hydroxylation is 1. The van der Waals surface area contributed by atoms with Crippen LogP contribution >= 0.6 is 0 Å². The molecule has 0 aliphatic rings. The normalized spacial score (nSPS) is 9.93. The van der Waals surface area contributed by atoms with Crippen LogP contribution in [0.2, 0.25) is 0 Å². The van der Waals surface area contributed by atoms with Gasteiger partial charge in [-0.1, -0.05) is 0 Å². The number of anilines is 1. The standard InChI is InChI=1S/C10H12FNO2/c1-6-3-8(11)7(4-9(6)12)5-10(13)14-2/h3-4H,5,12H2,1-2H3. The van der Waals surface area contributed by atoms with Crippen LogP contribution in [-0.4, -0.2) is 13.1 Å². The topological polar surface area (TPSA) is 52.3 Å². The van der Waals surface area contributed by atoms with E-state index in [0.717, 1.165) is 0 Å². The van der Waals surface area contributed by atoms with Crippen molar-refractivity contribution in [3.05, 3.63) is 29.1 Å². The summed E-state index contributed by atoms with van der Waals surface area (Å²) >= 11 is 0. The van der Waals surface area contributed by atoms with E-state index >= 15 is 0 Å². The molecule has 14 heavy (non-hydrogen) atoms. The quantitative estimate of drug-likeness (QED) is 0.576. The van der Waals surface area contributed by atoms with Crippen molar-refractivity contribution < 1.29 is 13.9 Å². The molecule has 1 rings (SSSR count). The van der Waals surface area contributed by atoms with Gasteiger partial charge in [-0.3, -0.25) is 4.79 Å². The van der Waals surface area contributed by atoms with Crippen molar-refractivity contribution in [3.63, 3.8) is 0 Å². The minimum absolute atomic E-state index is 0.0905. The van der Waals surface area contributed by atoms with Crippen molar-refractivity contribution in [2.24, 2.45) is 0 Å². The molecular weight excluding hydrogens is 185 g/mol. The lowest BCUT2D eigenvalue weighted by atomic mass is 10.1. The maximum atomic E-state index is 13.3. The van der Waals surface area contributed by atoms with Crippen LogP contribution in [0, 0.1) is 12.7 Å². The molecule has 0 fully saturated rings. The number of hydrogen-bond acceptors (Lipinski definition) is 3. The Morgan fingerprint density at radius 1 is 1.57 bits per heavy atom. The molecule has 0 unspecified atom stereocenters. The first-order valence-electron chi connectivity index (χ1n) is 4.16. The fourth-order valence-electron chi connectivity index (χ4n) is 1.10. The van der Waals surface area contributed by atoms with Crippen LogP contribution in [-0.2, 0) is 16.0 Å². The summed E-state index contributed by atoms with van der Waals surface area (Å²) in [7, 11) is 1.26. The Kier molecular flexibility index (Phi) is 3.06. The molecule has 0 saturated heterocycles. The lowest BCUT2D eigenvalue weighted by Crippen LogP contribution is -2.07. The van der Waals surface area contributed by atoms with Gasteiger partial charge in [0.15, 0.2) is 0 Å². The number of halogens is 1. The first kappa shape index (κ1) is 10.5. The second-order valence-electron chi connectivity index (χ2n) is 3.05. The van der Waals surface area contributed by atoms with Crippen molar-refractivity contribution in [3.8, 4) is 0 Å². The molecule has 0 aromatic heterocycles. The lowest BCUT2D eigenvalue weighted by Gasteiger charge is -2.05. The minimum atomic E-state index is -0.479. The molecule has 0 aliphatic heterocycles. The van der Waals surface area contributed by atoms with Gasteiger partial charge in [-0.15, -0.1) is 0 Å². The highest BCUT2D eigenvalue weighted by atomic mass is 19.1. The van der Waals surface area contributed by atoms with E-state index in [4.69, 9.17) is 5.73 Å². The summed E-state index contributed by atoms with van der Waals surface area (Å²) in [5.74, 6) is -0.908. The summed E-state index contributed by atoms with van der Waals surface area (Å²) in [5.41, 5.74) is 6.99. The molecule has 0 saturated carbocycles. The zero-order chi connectivity index (χ0) is 10.7. The molecular formula is C10H12FNO2. The van der Waals surface area contributed by atoms with E-state index < -0.39 is 11.8 Å². The second kappa shape index (κ2) is 4.09. The molecule has 3 nitrogen and oxygen atoms in total. The van der Waals surface area contributed by atoms with Gasteiger partial charge in [0, 0.05) is 11.3 Å². The molecule has 76 valence electrons. The molecule has 0 amide bonds. The second-order valence-corrected chi connectivity index (χ2v) is 3.05. The first-order valence-corrected chi connectivity index (χ1v) is 4.16. The molecule has 2 N–H and O–H groups in total. The van der Waals surface area contributed by atoms with E-state index in [9.17, 15) is 9.18 Å². The Bertz CT molecular complexity index is 363. The number of benzene rings is 1. The lowest BCUT2D eigenvalue weighted by molar-refractivity contribution is -0.139. The molecule has 0 radical (unpaired) electrons. The summed E-state index contributed by atoms with van der Waals surface area (Å²) in [6, 6.07) is 2.77. The summed E-state index contributed by atoms with van der Waals surface area (Å²) in [5, 5.41) is 0. The van der Waals surface area contributed by atoms with Crippen LogP contribution in [0.15, 0.2) is 12.1 Å². The average molecular weight is 197 g/mol. The van der Waals surface area contributed by atoms with E-state index in [1.54, 1.807) is 6.92 Å². The van der Waals surface area contributed by atoms with Crippen LogP contribution in [0.25, 0.3) is 0 Å². The van der Waals surface area contributed by atoms with E-state index in [2.05, 4.69) is 4.74 Å². The van der Waals surface area contributed by atoms with Crippen molar-refractivity contribution in [1.29, 1.82) is 0 Å². The maximum absolute atomic E-state index is 13.3. The number of nitrogen functional groups attached to an aromatic ring is 1. The first-order chi connectivity index (χ1) is 6.54. The minimum Gasteiger partial charge on any atom is -0.469 e. The number of ether oxygens (including phenoxy) is 1. The average Bonchev–Trinajstić information content (AvgIpc) is 2.14. The van der Waals surface area contributed by atoms with Gasteiger partial charge in [0.1, 0.15) is 5.82 Å². The van der Waals surface area contributed by atoms with Gasteiger partial charge >= 0.3 is 5.97 Å². The van der Waals surface area contributed by atoms with Gasteiger partial charge in [-0.2, -0.15) is 0 Å². The monoisotopic (exact) mass is 197 g/mol. The molecule has 0 aliphatic carbocycles. The fourth-order valence-corrected chi connectivity index (χ4v) is 1.10. The highest BCUT2D eigenvalue weighted by molar-refractivity contribution is 5.73. The number of hydrogen-bond donors (Lipinski definition) is 1. The van der Waals surface area contributed by atoms with Crippen molar-refractivity contribution in [2.75, 3.05) is 12.8 Å². The third kappa shape index (κ3) is 2.22. The summed E-state index contributed by atoms with van der Waals surface area (Å²) < 4.78 is 17.7. The number of carbonyl (C=O) groups is 1. The molecule has 0 heterocycles. The molecule has 0 spiro atoms. The Morgan fingerprint density at radius 2 is 2.21 bits per heavy atom. The van der Waals surface area contributed by atoms with Crippen LogP contribution in [0.3, 0.4) is 0 Å². The number of carbonyl (C=O) groups excluding carboxylic acids is 1. The van der Waals surface area contributed by atoms with E-state index in [-0.39, 0.29) is 12.0 Å². The Balaban J connectivity index is 2.98. The van der Waals surface area contributed by atoms with Gasteiger partial charge in [0.25, 0.3) is 0 Å². The van der Waals surface area contributed by atoms with E-state index in [0.29, 0.717) is 11.3 Å². The van der Waals surface area contributed by atoms with Crippen molar-refractivity contribution in [2.45, 2.75) is 13.3 Å². The summed E-state index contributed by atoms with van der Waals surface area (Å²) in [6.07, 6.45) is -0.0905. The Hall–Kier alpha value is -1.58. The van der Waals surface area contributed by atoms with Crippen LogP contribution in [0.5, 0.6) is 0 Å². The van der Waals surface area contributed by atoms with Gasteiger partial charge in [-0.25, -0.2) is 4.39 Å². The van der Waals surface area contributed by atoms with E-state index in [1.165, 1.54) is 19.2 Å². The number of methoxy groups -OCH3 is 1. The largest absolute Gasteiger partial charge is 0.469 e. The van der Waals surface area contributed by atoms with Crippen molar-refractivity contribution >= 4 is 11.7 Å². The van der Waals surface area contributed by atoms with Gasteiger partial charge in [-0.05, 0) is 24.6 Å². The summed E-state index contributed by atoms with van der Waals surface area (Å²) in [4.78, 5) is 10.9. The number of esters is 1. The maximum Gasteiger partial charge on any atom is 0.310 e. The predicted octanol–water partition coefficient (Wildman–Crippen LogP) is 1.43. The molecule has 0 atom stereocenters. The fraction of sp³-hybridized carbons (Fsp3) is 0.300. The highest BCUT2D eigenvalue weighted by Crippen LogP contribution is 2.17. The zero-order valence-electron chi connectivity index (χ0n) is 8.13. The molecule has 4 heteroatoms. The van der Waals surface area contributed by atoms with Crippen LogP contribution in [0.4, 0.5) is 10.1 Å². The van der Waals surface area contributed by atoms with Crippen LogP contribution < -0.4 is 5.73 Å². The number of nitrogens with two attached hydrogens (primary N) is 1. The Morgan fingerprint density at radius 3 is 2.79 bits per heavy atom. The highest BCUT2D eigenvalue weighted by Gasteiger charge is 2.09. The smallest absolute Gasteiger partial charge is 0.310 e.